The van der Waals surface area contributed by atoms with Gasteiger partial charge < -0.3 is 9.72 Å². The molecule has 1 saturated carbocycles. The van der Waals surface area contributed by atoms with Crippen molar-refractivity contribution in [3.63, 3.8) is 0 Å². The number of pyridine rings is 1. The lowest BCUT2D eigenvalue weighted by molar-refractivity contribution is -0.121. The Bertz CT molecular complexity index is 832. The maximum Gasteiger partial charge on any atom is 0.226 e. The number of nitrogens with zero attached hydrogens (tertiary/aromatic N) is 2. The van der Waals surface area contributed by atoms with Crippen molar-refractivity contribution >= 4 is 27.5 Å². The Morgan fingerprint density at radius 1 is 1.22 bits per heavy atom. The van der Waals surface area contributed by atoms with Crippen LogP contribution in [0.4, 0.5) is 0 Å². The Morgan fingerprint density at radius 3 is 2.70 bits per heavy atom. The first kappa shape index (κ1) is 14.5. The van der Waals surface area contributed by atoms with E-state index in [2.05, 4.69) is 38.4 Å². The van der Waals surface area contributed by atoms with Crippen LogP contribution in [0.3, 0.4) is 0 Å². The van der Waals surface area contributed by atoms with Crippen molar-refractivity contribution in [3.8, 4) is 0 Å². The summed E-state index contributed by atoms with van der Waals surface area (Å²) in [5, 5.41) is 3.19. The molecule has 3 aromatic rings. The van der Waals surface area contributed by atoms with Crippen LogP contribution >= 0.6 is 15.9 Å². The van der Waals surface area contributed by atoms with Crippen LogP contribution in [0, 0.1) is 0 Å². The first-order chi connectivity index (χ1) is 11.1. The van der Waals surface area contributed by atoms with Crippen LogP contribution in [0.2, 0.25) is 0 Å². The zero-order valence-corrected chi connectivity index (χ0v) is 14.1. The third-order valence-corrected chi connectivity index (χ3v) is 4.81. The van der Waals surface area contributed by atoms with Crippen molar-refractivity contribution in [2.45, 2.75) is 24.8 Å². The van der Waals surface area contributed by atoms with Gasteiger partial charge in [0.05, 0.1) is 17.7 Å². The molecule has 4 rings (SSSR count). The standard InChI is InChI=1S/C18H16BrN3O/c19-14-6-4-13(5-7-14)18(8-9-18)21-17(23)11-15-12-22-10-2-1-3-16(22)20-15/h1-7,10,12H,8-9,11H2,(H,21,23). The van der Waals surface area contributed by atoms with Gasteiger partial charge in [0.1, 0.15) is 5.65 Å². The Morgan fingerprint density at radius 2 is 2.00 bits per heavy atom. The van der Waals surface area contributed by atoms with E-state index in [4.69, 9.17) is 0 Å². The average molecular weight is 370 g/mol. The predicted molar refractivity (Wildman–Crippen MR) is 92.1 cm³/mol. The summed E-state index contributed by atoms with van der Waals surface area (Å²) in [6.45, 7) is 0. The van der Waals surface area contributed by atoms with Crippen LogP contribution < -0.4 is 5.32 Å². The van der Waals surface area contributed by atoms with E-state index in [9.17, 15) is 4.79 Å². The summed E-state index contributed by atoms with van der Waals surface area (Å²) in [5.41, 5.74) is 2.64. The van der Waals surface area contributed by atoms with Crippen LogP contribution in [0.1, 0.15) is 24.1 Å². The molecule has 0 spiro atoms. The van der Waals surface area contributed by atoms with Gasteiger partial charge in [-0.05, 0) is 42.7 Å². The van der Waals surface area contributed by atoms with E-state index in [1.165, 1.54) is 5.56 Å². The maximum atomic E-state index is 12.4. The zero-order valence-electron chi connectivity index (χ0n) is 12.5. The molecule has 0 bridgehead atoms. The molecule has 1 aliphatic rings. The lowest BCUT2D eigenvalue weighted by atomic mass is 10.0. The molecule has 1 fully saturated rings. The minimum atomic E-state index is -0.184. The fraction of sp³-hybridized carbons (Fsp3) is 0.222. The van der Waals surface area contributed by atoms with Gasteiger partial charge in [-0.25, -0.2) is 4.98 Å². The van der Waals surface area contributed by atoms with E-state index in [-0.39, 0.29) is 11.4 Å². The normalized spacial score (nSPS) is 15.5. The number of aromatic nitrogens is 2. The lowest BCUT2D eigenvalue weighted by Crippen LogP contribution is -2.35. The third-order valence-electron chi connectivity index (χ3n) is 4.28. The van der Waals surface area contributed by atoms with Crippen molar-refractivity contribution in [1.29, 1.82) is 0 Å². The second kappa shape index (κ2) is 5.49. The number of imidazole rings is 1. The van der Waals surface area contributed by atoms with Crippen molar-refractivity contribution in [1.82, 2.24) is 14.7 Å². The molecular formula is C18H16BrN3O. The third kappa shape index (κ3) is 2.88. The van der Waals surface area contributed by atoms with Gasteiger partial charge in [-0.1, -0.05) is 34.1 Å². The molecule has 1 aliphatic carbocycles. The van der Waals surface area contributed by atoms with Gasteiger partial charge in [0, 0.05) is 16.9 Å². The predicted octanol–water partition coefficient (Wildman–Crippen LogP) is 3.44. The molecule has 0 aliphatic heterocycles. The molecule has 2 aromatic heterocycles. The highest BCUT2D eigenvalue weighted by atomic mass is 79.9. The molecule has 23 heavy (non-hydrogen) atoms. The van der Waals surface area contributed by atoms with Crippen LogP contribution in [-0.4, -0.2) is 15.3 Å². The molecule has 116 valence electrons. The van der Waals surface area contributed by atoms with Crippen LogP contribution in [0.5, 0.6) is 0 Å². The van der Waals surface area contributed by atoms with Crippen molar-refractivity contribution in [3.05, 3.63) is 70.6 Å². The van der Waals surface area contributed by atoms with E-state index in [0.29, 0.717) is 6.42 Å². The number of halogens is 1. The summed E-state index contributed by atoms with van der Waals surface area (Å²) in [5.74, 6) is 0.0221. The van der Waals surface area contributed by atoms with E-state index in [1.807, 2.05) is 47.1 Å². The summed E-state index contributed by atoms with van der Waals surface area (Å²) in [6.07, 6.45) is 6.14. The van der Waals surface area contributed by atoms with Crippen LogP contribution in [0.15, 0.2) is 59.3 Å². The molecule has 0 atom stereocenters. The summed E-state index contributed by atoms with van der Waals surface area (Å²) >= 11 is 3.45. The number of hydrogen-bond acceptors (Lipinski definition) is 2. The molecule has 5 heteroatoms. The quantitative estimate of drug-likeness (QED) is 0.765. The number of rotatable bonds is 4. The number of hydrogen-bond donors (Lipinski definition) is 1. The highest BCUT2D eigenvalue weighted by molar-refractivity contribution is 9.10. The summed E-state index contributed by atoms with van der Waals surface area (Å²) < 4.78 is 2.98. The van der Waals surface area contributed by atoms with Gasteiger partial charge in [-0.15, -0.1) is 0 Å². The van der Waals surface area contributed by atoms with E-state index >= 15 is 0 Å². The largest absolute Gasteiger partial charge is 0.346 e. The Balaban J connectivity index is 1.48. The monoisotopic (exact) mass is 369 g/mol. The smallest absolute Gasteiger partial charge is 0.226 e. The summed E-state index contributed by atoms with van der Waals surface area (Å²) in [7, 11) is 0. The Labute approximate surface area is 142 Å². The van der Waals surface area contributed by atoms with Crippen LogP contribution in [-0.2, 0) is 16.8 Å². The van der Waals surface area contributed by atoms with Gasteiger partial charge in [0.15, 0.2) is 0 Å². The second-order valence-electron chi connectivity index (χ2n) is 6.01. The SMILES string of the molecule is O=C(Cc1cn2ccccc2n1)NC1(c2ccc(Br)cc2)CC1. The minimum Gasteiger partial charge on any atom is -0.346 e. The molecule has 1 N–H and O–H groups in total. The molecule has 1 amide bonds. The number of amides is 1. The van der Waals surface area contributed by atoms with Gasteiger partial charge in [0.2, 0.25) is 5.91 Å². The molecule has 4 nitrogen and oxygen atoms in total. The van der Waals surface area contributed by atoms with E-state index in [1.54, 1.807) is 0 Å². The Kier molecular flexibility index (Phi) is 3.45. The van der Waals surface area contributed by atoms with E-state index < -0.39 is 0 Å². The maximum absolute atomic E-state index is 12.4. The highest BCUT2D eigenvalue weighted by Crippen LogP contribution is 2.45. The highest BCUT2D eigenvalue weighted by Gasteiger charge is 2.45. The topological polar surface area (TPSA) is 46.4 Å². The molecule has 0 unspecified atom stereocenters. The number of carbonyl (C=O) groups excluding carboxylic acids is 1. The van der Waals surface area contributed by atoms with Crippen molar-refractivity contribution in [2.75, 3.05) is 0 Å². The number of benzene rings is 1. The van der Waals surface area contributed by atoms with Gasteiger partial charge in [0.25, 0.3) is 0 Å². The fourth-order valence-corrected chi connectivity index (χ4v) is 3.19. The number of fused-ring (bicyclic) bond motifs is 1. The van der Waals surface area contributed by atoms with Gasteiger partial charge >= 0.3 is 0 Å². The molecule has 0 saturated heterocycles. The van der Waals surface area contributed by atoms with Crippen molar-refractivity contribution in [2.24, 2.45) is 0 Å². The average Bonchev–Trinajstić information content (AvgIpc) is 3.19. The molecule has 0 radical (unpaired) electrons. The van der Waals surface area contributed by atoms with E-state index in [0.717, 1.165) is 28.7 Å². The second-order valence-corrected chi connectivity index (χ2v) is 6.93. The first-order valence-corrected chi connectivity index (χ1v) is 8.44. The first-order valence-electron chi connectivity index (χ1n) is 7.64. The molecular weight excluding hydrogens is 354 g/mol. The lowest BCUT2D eigenvalue weighted by Gasteiger charge is -2.17. The van der Waals surface area contributed by atoms with Gasteiger partial charge in [-0.3, -0.25) is 4.79 Å². The fourth-order valence-electron chi connectivity index (χ4n) is 2.93. The zero-order chi connectivity index (χ0) is 15.9. The van der Waals surface area contributed by atoms with Crippen LogP contribution in [0.25, 0.3) is 5.65 Å². The Hall–Kier alpha value is -2.14. The molecule has 1 aromatic carbocycles. The summed E-state index contributed by atoms with van der Waals surface area (Å²) in [6, 6.07) is 14.0. The number of carbonyl (C=O) groups is 1. The van der Waals surface area contributed by atoms with Gasteiger partial charge in [-0.2, -0.15) is 0 Å². The minimum absolute atomic E-state index is 0.0221. The van der Waals surface area contributed by atoms with Crippen molar-refractivity contribution < 1.29 is 4.79 Å². The summed E-state index contributed by atoms with van der Waals surface area (Å²) in [4.78, 5) is 16.9. The molecule has 2 heterocycles. The number of nitrogens with one attached hydrogen (secondary N) is 1.